The van der Waals surface area contributed by atoms with Crippen molar-refractivity contribution in [2.45, 2.75) is 44.1 Å². The number of hydrogen-bond donors (Lipinski definition) is 3. The quantitative estimate of drug-likeness (QED) is 0.588. The van der Waals surface area contributed by atoms with E-state index in [9.17, 15) is 15.3 Å². The second-order valence-corrected chi connectivity index (χ2v) is 5.90. The zero-order valence-electron chi connectivity index (χ0n) is 13.0. The lowest BCUT2D eigenvalue weighted by Crippen LogP contribution is -2.39. The van der Waals surface area contributed by atoms with Crippen LogP contribution >= 0.6 is 0 Å². The molecule has 5 nitrogen and oxygen atoms in total. The van der Waals surface area contributed by atoms with Crippen LogP contribution in [0.3, 0.4) is 0 Å². The summed E-state index contributed by atoms with van der Waals surface area (Å²) in [5.74, 6) is 0. The Balaban J connectivity index is 1.52. The first-order valence-electron chi connectivity index (χ1n) is 8.05. The Morgan fingerprint density at radius 3 is 2.59 bits per heavy atom. The lowest BCUT2D eigenvalue weighted by Gasteiger charge is -2.23. The van der Waals surface area contributed by atoms with Crippen LogP contribution in [0.5, 0.6) is 0 Å². The predicted molar refractivity (Wildman–Crippen MR) is 84.4 cm³/mol. The van der Waals surface area contributed by atoms with Crippen LogP contribution in [-0.2, 0) is 11.3 Å². The molecule has 1 aromatic carbocycles. The molecule has 124 valence electrons. The summed E-state index contributed by atoms with van der Waals surface area (Å²) in [6.45, 7) is 2.51. The zero-order chi connectivity index (χ0) is 15.8. The molecule has 1 heterocycles. The van der Waals surface area contributed by atoms with Crippen LogP contribution in [0.15, 0.2) is 30.3 Å². The van der Waals surface area contributed by atoms with E-state index < -0.39 is 12.2 Å². The van der Waals surface area contributed by atoms with Gasteiger partial charge in [0.1, 0.15) is 0 Å². The van der Waals surface area contributed by atoms with Crippen molar-refractivity contribution in [3.8, 4) is 0 Å². The van der Waals surface area contributed by atoms with E-state index in [1.54, 1.807) is 0 Å². The highest BCUT2D eigenvalue weighted by atomic mass is 16.5. The summed E-state index contributed by atoms with van der Waals surface area (Å²) in [6, 6.07) is 9.79. The van der Waals surface area contributed by atoms with Crippen LogP contribution in [-0.4, -0.2) is 64.8 Å². The SMILES string of the molecule is OC[C@H]1[C@H](O)[C@@H](O)CN1CCCCCOCc1ccccc1. The van der Waals surface area contributed by atoms with Gasteiger partial charge in [0.2, 0.25) is 0 Å². The number of nitrogens with zero attached hydrogens (tertiary/aromatic N) is 1. The zero-order valence-corrected chi connectivity index (χ0v) is 13.0. The second-order valence-electron chi connectivity index (χ2n) is 5.90. The summed E-state index contributed by atoms with van der Waals surface area (Å²) in [7, 11) is 0. The van der Waals surface area contributed by atoms with Gasteiger partial charge in [0.15, 0.2) is 0 Å². The Bertz CT molecular complexity index is 414. The highest BCUT2D eigenvalue weighted by Gasteiger charge is 2.38. The van der Waals surface area contributed by atoms with Gasteiger partial charge in [-0.15, -0.1) is 0 Å². The molecule has 1 aliphatic heterocycles. The molecule has 3 N–H and O–H groups in total. The smallest absolute Gasteiger partial charge is 0.0988 e. The Hall–Kier alpha value is -0.980. The monoisotopic (exact) mass is 309 g/mol. The topological polar surface area (TPSA) is 73.2 Å². The molecular formula is C17H27NO4. The summed E-state index contributed by atoms with van der Waals surface area (Å²) in [5, 5.41) is 28.6. The number of rotatable bonds is 9. The molecule has 0 bridgehead atoms. The fraction of sp³-hybridized carbons (Fsp3) is 0.647. The van der Waals surface area contributed by atoms with Gasteiger partial charge in [-0.25, -0.2) is 0 Å². The number of unbranched alkanes of at least 4 members (excludes halogenated alkanes) is 2. The summed E-state index contributed by atoms with van der Waals surface area (Å²) in [4.78, 5) is 1.97. The molecule has 0 saturated carbocycles. The minimum absolute atomic E-state index is 0.113. The fourth-order valence-corrected chi connectivity index (χ4v) is 2.90. The van der Waals surface area contributed by atoms with Gasteiger partial charge < -0.3 is 20.1 Å². The van der Waals surface area contributed by atoms with Crippen LogP contribution in [0.1, 0.15) is 24.8 Å². The molecule has 0 amide bonds. The Morgan fingerprint density at radius 1 is 1.09 bits per heavy atom. The van der Waals surface area contributed by atoms with Crippen molar-refractivity contribution in [3.63, 3.8) is 0 Å². The number of ether oxygens (including phenoxy) is 1. The molecule has 0 spiro atoms. The summed E-state index contributed by atoms with van der Waals surface area (Å²) in [5.41, 5.74) is 1.19. The summed E-state index contributed by atoms with van der Waals surface area (Å²) >= 11 is 0. The van der Waals surface area contributed by atoms with Gasteiger partial charge >= 0.3 is 0 Å². The molecule has 1 aliphatic rings. The number of aliphatic hydroxyl groups is 3. The van der Waals surface area contributed by atoms with Crippen molar-refractivity contribution in [3.05, 3.63) is 35.9 Å². The van der Waals surface area contributed by atoms with Crippen molar-refractivity contribution in [1.29, 1.82) is 0 Å². The van der Waals surface area contributed by atoms with E-state index in [0.29, 0.717) is 13.2 Å². The van der Waals surface area contributed by atoms with Gasteiger partial charge in [0.05, 0.1) is 31.5 Å². The van der Waals surface area contributed by atoms with Crippen LogP contribution < -0.4 is 0 Å². The lowest BCUT2D eigenvalue weighted by molar-refractivity contribution is 0.0215. The molecule has 5 heteroatoms. The van der Waals surface area contributed by atoms with E-state index in [-0.39, 0.29) is 12.6 Å². The average Bonchev–Trinajstić information content (AvgIpc) is 2.81. The van der Waals surface area contributed by atoms with Gasteiger partial charge in [0, 0.05) is 13.2 Å². The predicted octanol–water partition coefficient (Wildman–Crippen LogP) is 0.772. The van der Waals surface area contributed by atoms with Crippen LogP contribution in [0.4, 0.5) is 0 Å². The molecule has 0 aliphatic carbocycles. The van der Waals surface area contributed by atoms with Gasteiger partial charge in [-0.3, -0.25) is 4.90 Å². The normalized spacial score (nSPS) is 25.7. The Kier molecular flexibility index (Phi) is 7.29. The molecule has 0 radical (unpaired) electrons. The maximum absolute atomic E-state index is 9.74. The van der Waals surface area contributed by atoms with Gasteiger partial charge in [-0.05, 0) is 31.4 Å². The van der Waals surface area contributed by atoms with Crippen molar-refractivity contribution >= 4 is 0 Å². The molecule has 1 aromatic rings. The minimum Gasteiger partial charge on any atom is -0.395 e. The first-order valence-corrected chi connectivity index (χ1v) is 8.05. The Morgan fingerprint density at radius 2 is 1.86 bits per heavy atom. The molecule has 22 heavy (non-hydrogen) atoms. The van der Waals surface area contributed by atoms with E-state index in [0.717, 1.165) is 32.4 Å². The van der Waals surface area contributed by atoms with E-state index in [4.69, 9.17) is 4.74 Å². The third kappa shape index (κ3) is 5.04. The standard InChI is InChI=1S/C17H27NO4/c19-12-15-17(21)16(20)11-18(15)9-5-2-6-10-22-13-14-7-3-1-4-8-14/h1,3-4,7-8,15-17,19-21H,2,5-6,9-13H2/t15-,16-,17-/m0/s1. The number of benzene rings is 1. The highest BCUT2D eigenvalue weighted by molar-refractivity contribution is 5.13. The number of likely N-dealkylation sites (tertiary alicyclic amines) is 1. The molecule has 3 atom stereocenters. The minimum atomic E-state index is -0.834. The highest BCUT2D eigenvalue weighted by Crippen LogP contribution is 2.19. The Labute approximate surface area is 132 Å². The van der Waals surface area contributed by atoms with Crippen LogP contribution in [0.2, 0.25) is 0 Å². The molecule has 1 fully saturated rings. The third-order valence-electron chi connectivity index (χ3n) is 4.21. The van der Waals surface area contributed by atoms with E-state index >= 15 is 0 Å². The van der Waals surface area contributed by atoms with Gasteiger partial charge in [-0.1, -0.05) is 30.3 Å². The maximum Gasteiger partial charge on any atom is 0.0988 e. The number of hydrogen-bond acceptors (Lipinski definition) is 5. The first-order chi connectivity index (χ1) is 10.7. The van der Waals surface area contributed by atoms with E-state index in [1.165, 1.54) is 5.56 Å². The first kappa shape index (κ1) is 17.4. The second kappa shape index (κ2) is 9.22. The van der Waals surface area contributed by atoms with Crippen LogP contribution in [0, 0.1) is 0 Å². The maximum atomic E-state index is 9.74. The lowest BCUT2D eigenvalue weighted by atomic mass is 10.1. The molecule has 2 rings (SSSR count). The fourth-order valence-electron chi connectivity index (χ4n) is 2.90. The van der Waals surface area contributed by atoms with Gasteiger partial charge in [0.25, 0.3) is 0 Å². The average molecular weight is 309 g/mol. The van der Waals surface area contributed by atoms with Crippen LogP contribution in [0.25, 0.3) is 0 Å². The number of aliphatic hydroxyl groups excluding tert-OH is 3. The molecule has 0 aromatic heterocycles. The summed E-state index contributed by atoms with van der Waals surface area (Å²) < 4.78 is 5.63. The van der Waals surface area contributed by atoms with E-state index in [1.807, 2.05) is 23.1 Å². The summed E-state index contributed by atoms with van der Waals surface area (Å²) in [6.07, 6.45) is 1.43. The largest absolute Gasteiger partial charge is 0.395 e. The number of β-amino-alcohol motifs (C(OH)–C–C–N with tert-alkyl or cyclic N) is 1. The van der Waals surface area contributed by atoms with E-state index in [2.05, 4.69) is 12.1 Å². The third-order valence-corrected chi connectivity index (χ3v) is 4.21. The van der Waals surface area contributed by atoms with Crippen molar-refractivity contribution in [2.24, 2.45) is 0 Å². The molecule has 1 saturated heterocycles. The molecule has 0 unspecified atom stereocenters. The molecular weight excluding hydrogens is 282 g/mol. The van der Waals surface area contributed by atoms with Crippen molar-refractivity contribution in [2.75, 3.05) is 26.3 Å². The van der Waals surface area contributed by atoms with Gasteiger partial charge in [-0.2, -0.15) is 0 Å². The van der Waals surface area contributed by atoms with Crippen molar-refractivity contribution < 1.29 is 20.1 Å². The van der Waals surface area contributed by atoms with Crippen molar-refractivity contribution in [1.82, 2.24) is 4.90 Å².